The molecule has 3 fully saturated rings. The summed E-state index contributed by atoms with van der Waals surface area (Å²) in [7, 11) is 0. The maximum absolute atomic E-state index is 10.9. The van der Waals surface area contributed by atoms with Crippen LogP contribution in [0.15, 0.2) is 11.6 Å². The molecule has 0 aromatic carbocycles. The Morgan fingerprint density at radius 3 is 2.52 bits per heavy atom. The van der Waals surface area contributed by atoms with Gasteiger partial charge in [-0.2, -0.15) is 0 Å². The van der Waals surface area contributed by atoms with E-state index in [-0.39, 0.29) is 0 Å². The fourth-order valence-electron chi connectivity index (χ4n) is 8.38. The number of rotatable bonds is 5. The minimum atomic E-state index is -0.517. The summed E-state index contributed by atoms with van der Waals surface area (Å²) >= 11 is 0. The predicted octanol–water partition coefficient (Wildman–Crippen LogP) is 6.65. The van der Waals surface area contributed by atoms with Crippen LogP contribution in [0.3, 0.4) is 0 Å². The molecule has 4 aliphatic rings. The van der Waals surface area contributed by atoms with Gasteiger partial charge in [-0.25, -0.2) is 0 Å². The van der Waals surface area contributed by atoms with Crippen LogP contribution in [0.25, 0.3) is 0 Å². The van der Waals surface area contributed by atoms with Crippen LogP contribution in [0.1, 0.15) is 112 Å². The van der Waals surface area contributed by atoms with Crippen molar-refractivity contribution in [3.8, 4) is 0 Å². The molecule has 0 spiro atoms. The van der Waals surface area contributed by atoms with Gasteiger partial charge in [0.15, 0.2) is 0 Å². The predicted molar refractivity (Wildman–Crippen MR) is 121 cm³/mol. The Balaban J connectivity index is 1.49. The number of allylic oxidation sites excluding steroid dienone is 1. The van der Waals surface area contributed by atoms with Gasteiger partial charge in [0.05, 0.1) is 11.2 Å². The minimum Gasteiger partial charge on any atom is -0.390 e. The van der Waals surface area contributed by atoms with Gasteiger partial charge in [-0.15, -0.1) is 0 Å². The SMILES string of the molecule is CC[C@]1(O)CCC2(C)C(=CCC3C2CCC2(C)C3CC[C@@H]2CCCC(C)(C)O)C1. The van der Waals surface area contributed by atoms with Crippen molar-refractivity contribution >= 4 is 0 Å². The lowest BCUT2D eigenvalue weighted by Gasteiger charge is -2.59. The van der Waals surface area contributed by atoms with Crippen molar-refractivity contribution in [2.45, 2.75) is 123 Å². The Hall–Kier alpha value is -0.340. The average Bonchev–Trinajstić information content (AvgIpc) is 2.98. The molecule has 7 atom stereocenters. The average molecular weight is 403 g/mol. The molecule has 2 nitrogen and oxygen atoms in total. The summed E-state index contributed by atoms with van der Waals surface area (Å²) in [5.74, 6) is 3.42. The van der Waals surface area contributed by atoms with Crippen molar-refractivity contribution < 1.29 is 10.2 Å². The maximum Gasteiger partial charge on any atom is 0.0682 e. The first kappa shape index (κ1) is 21.9. The summed E-state index contributed by atoms with van der Waals surface area (Å²) in [6.45, 7) is 11.2. The molecule has 3 saturated carbocycles. The summed E-state index contributed by atoms with van der Waals surface area (Å²) in [5, 5.41) is 21.0. The number of fused-ring (bicyclic) bond motifs is 5. The summed E-state index contributed by atoms with van der Waals surface area (Å²) in [5.41, 5.74) is 1.49. The summed E-state index contributed by atoms with van der Waals surface area (Å²) < 4.78 is 0. The first-order valence-corrected chi connectivity index (χ1v) is 12.7. The van der Waals surface area contributed by atoms with Crippen LogP contribution < -0.4 is 0 Å². The molecule has 0 radical (unpaired) electrons. The lowest BCUT2D eigenvalue weighted by atomic mass is 9.46. The largest absolute Gasteiger partial charge is 0.390 e. The Labute approximate surface area is 179 Å². The van der Waals surface area contributed by atoms with Gasteiger partial charge in [-0.3, -0.25) is 0 Å². The molecule has 4 rings (SSSR count). The van der Waals surface area contributed by atoms with E-state index in [0.29, 0.717) is 10.8 Å². The molecular weight excluding hydrogens is 356 g/mol. The highest BCUT2D eigenvalue weighted by molar-refractivity contribution is 5.27. The first-order chi connectivity index (χ1) is 13.5. The van der Waals surface area contributed by atoms with Gasteiger partial charge in [-0.1, -0.05) is 38.8 Å². The van der Waals surface area contributed by atoms with E-state index in [1.54, 1.807) is 5.57 Å². The molecule has 2 N–H and O–H groups in total. The summed E-state index contributed by atoms with van der Waals surface area (Å²) in [6, 6.07) is 0. The molecule has 4 aliphatic carbocycles. The van der Waals surface area contributed by atoms with Crippen LogP contribution in [-0.2, 0) is 0 Å². The number of hydrogen-bond donors (Lipinski definition) is 2. The topological polar surface area (TPSA) is 40.5 Å². The van der Waals surface area contributed by atoms with Crippen LogP contribution in [-0.4, -0.2) is 21.4 Å². The van der Waals surface area contributed by atoms with E-state index in [2.05, 4.69) is 26.8 Å². The summed E-state index contributed by atoms with van der Waals surface area (Å²) in [4.78, 5) is 0. The van der Waals surface area contributed by atoms with Crippen LogP contribution in [0.5, 0.6) is 0 Å². The highest BCUT2D eigenvalue weighted by atomic mass is 16.3. The molecule has 0 bridgehead atoms. The highest BCUT2D eigenvalue weighted by Crippen LogP contribution is 2.67. The molecule has 5 unspecified atom stereocenters. The maximum atomic E-state index is 10.9. The molecule has 29 heavy (non-hydrogen) atoms. The Morgan fingerprint density at radius 2 is 1.83 bits per heavy atom. The van der Waals surface area contributed by atoms with E-state index >= 15 is 0 Å². The second-order valence-electron chi connectivity index (χ2n) is 12.5. The number of aliphatic hydroxyl groups is 2. The lowest BCUT2D eigenvalue weighted by Crippen LogP contribution is -2.52. The second kappa shape index (κ2) is 7.37. The fraction of sp³-hybridized carbons (Fsp3) is 0.926. The third-order valence-corrected chi connectivity index (χ3v) is 10.5. The van der Waals surface area contributed by atoms with Gasteiger partial charge in [0, 0.05) is 0 Å². The van der Waals surface area contributed by atoms with Crippen molar-refractivity contribution in [2.24, 2.45) is 34.5 Å². The van der Waals surface area contributed by atoms with E-state index in [9.17, 15) is 10.2 Å². The van der Waals surface area contributed by atoms with Crippen LogP contribution in [0.2, 0.25) is 0 Å². The van der Waals surface area contributed by atoms with Crippen molar-refractivity contribution in [1.82, 2.24) is 0 Å². The molecule has 0 saturated heterocycles. The third-order valence-electron chi connectivity index (χ3n) is 10.5. The molecule has 0 aromatic rings. The molecule has 2 heteroatoms. The van der Waals surface area contributed by atoms with Crippen molar-refractivity contribution in [2.75, 3.05) is 0 Å². The standard InChI is InChI=1S/C27H46O2/c1-6-27(29)17-16-26(5)20(18-27)9-11-21-22-12-10-19(8-7-14-24(2,3)28)25(22,4)15-13-23(21)26/h9,19,21-23,28-29H,6-8,10-18H2,1-5H3/t19-,21?,22?,23?,25?,26?,27-/m0/s1. The van der Waals surface area contributed by atoms with Gasteiger partial charge in [0.2, 0.25) is 0 Å². The zero-order valence-corrected chi connectivity index (χ0v) is 19.8. The van der Waals surface area contributed by atoms with Crippen LogP contribution in [0.4, 0.5) is 0 Å². The van der Waals surface area contributed by atoms with Gasteiger partial charge in [-0.05, 0) is 119 Å². The molecule has 166 valence electrons. The first-order valence-electron chi connectivity index (χ1n) is 12.7. The molecular formula is C27H46O2. The van der Waals surface area contributed by atoms with E-state index in [1.165, 1.54) is 51.4 Å². The summed E-state index contributed by atoms with van der Waals surface area (Å²) in [6.07, 6.45) is 16.8. The third kappa shape index (κ3) is 3.75. The van der Waals surface area contributed by atoms with Crippen molar-refractivity contribution in [1.29, 1.82) is 0 Å². The monoisotopic (exact) mass is 402 g/mol. The van der Waals surface area contributed by atoms with Crippen LogP contribution >= 0.6 is 0 Å². The lowest BCUT2D eigenvalue weighted by molar-refractivity contribution is -0.0719. The number of hydrogen-bond acceptors (Lipinski definition) is 2. The van der Waals surface area contributed by atoms with Gasteiger partial charge < -0.3 is 10.2 Å². The van der Waals surface area contributed by atoms with E-state index in [0.717, 1.165) is 49.4 Å². The fourth-order valence-corrected chi connectivity index (χ4v) is 8.38. The molecule has 0 aromatic heterocycles. The Kier molecular flexibility index (Phi) is 5.56. The van der Waals surface area contributed by atoms with Crippen molar-refractivity contribution in [3.05, 3.63) is 11.6 Å². The van der Waals surface area contributed by atoms with Crippen molar-refractivity contribution in [3.63, 3.8) is 0 Å². The molecule has 0 amide bonds. The molecule has 0 heterocycles. The van der Waals surface area contributed by atoms with Crippen LogP contribution in [0, 0.1) is 34.5 Å². The van der Waals surface area contributed by atoms with E-state index in [4.69, 9.17) is 0 Å². The second-order valence-corrected chi connectivity index (χ2v) is 12.5. The molecule has 0 aliphatic heterocycles. The smallest absolute Gasteiger partial charge is 0.0682 e. The highest BCUT2D eigenvalue weighted by Gasteiger charge is 2.59. The van der Waals surface area contributed by atoms with E-state index < -0.39 is 11.2 Å². The Morgan fingerprint density at radius 1 is 1.07 bits per heavy atom. The van der Waals surface area contributed by atoms with Gasteiger partial charge in [0.1, 0.15) is 0 Å². The normalized spacial score (nSPS) is 47.2. The quantitative estimate of drug-likeness (QED) is 0.506. The van der Waals surface area contributed by atoms with Gasteiger partial charge >= 0.3 is 0 Å². The zero-order chi connectivity index (χ0) is 21.1. The Bertz CT molecular complexity index is 645. The van der Waals surface area contributed by atoms with Gasteiger partial charge in [0.25, 0.3) is 0 Å². The zero-order valence-electron chi connectivity index (χ0n) is 19.8. The van der Waals surface area contributed by atoms with E-state index in [1.807, 2.05) is 13.8 Å². The minimum absolute atomic E-state index is 0.338.